The highest BCUT2D eigenvalue weighted by atomic mass is 16.6. The Morgan fingerprint density at radius 1 is 0.781 bits per heavy atom. The van der Waals surface area contributed by atoms with Crippen LogP contribution in [0.2, 0.25) is 0 Å². The molecule has 14 heteroatoms. The van der Waals surface area contributed by atoms with Crippen molar-refractivity contribution in [2.24, 2.45) is 5.92 Å². The fourth-order valence-electron chi connectivity index (χ4n) is 11.5. The molecule has 14 nitrogen and oxygen atoms in total. The quantitative estimate of drug-likeness (QED) is 0.0820. The number of rotatable bonds is 12. The summed E-state index contributed by atoms with van der Waals surface area (Å²) in [6, 6.07) is 39.5. The van der Waals surface area contributed by atoms with Gasteiger partial charge in [-0.15, -0.1) is 0 Å². The fourth-order valence-corrected chi connectivity index (χ4v) is 11.5. The Morgan fingerprint density at radius 2 is 1.44 bits per heavy atom. The third-order valence-electron chi connectivity index (χ3n) is 14.6. The lowest BCUT2D eigenvalue weighted by molar-refractivity contribution is -0.179. The van der Waals surface area contributed by atoms with E-state index in [-0.39, 0.29) is 45.0 Å². The van der Waals surface area contributed by atoms with E-state index in [1.54, 1.807) is 55.5 Å². The van der Waals surface area contributed by atoms with E-state index in [2.05, 4.69) is 17.2 Å². The molecule has 7 atom stereocenters. The number of methoxy groups -OCH3 is 2. The van der Waals surface area contributed by atoms with Crippen molar-refractivity contribution >= 4 is 29.5 Å². The predicted molar refractivity (Wildman–Crippen MR) is 272 cm³/mol. The third kappa shape index (κ3) is 8.52. The Balaban J connectivity index is 1.27. The normalized spacial score (nSPS) is 22.3. The predicted octanol–water partition coefficient (Wildman–Crippen LogP) is 7.53. The molecule has 2 fully saturated rings. The monoisotopic (exact) mass is 980 g/mol. The van der Waals surface area contributed by atoms with Crippen LogP contribution in [-0.4, -0.2) is 90.5 Å². The first-order valence-electron chi connectivity index (χ1n) is 24.5. The number of para-hydroxylation sites is 1. The van der Waals surface area contributed by atoms with Crippen molar-refractivity contribution in [3.05, 3.63) is 190 Å². The molecule has 1 spiro atoms. The Labute approximate surface area is 424 Å². The molecule has 2 saturated heterocycles. The Morgan fingerprint density at radius 3 is 2.12 bits per heavy atom. The van der Waals surface area contributed by atoms with Gasteiger partial charge in [-0.3, -0.25) is 19.3 Å². The van der Waals surface area contributed by atoms with Gasteiger partial charge >= 0.3 is 12.0 Å². The number of esters is 1. The number of aliphatic hydroxyl groups excluding tert-OH is 2. The number of aliphatic hydroxyl groups is 2. The number of imide groups is 1. The minimum absolute atomic E-state index is 0.102. The molecule has 10 rings (SSSR count). The van der Waals surface area contributed by atoms with Crippen LogP contribution in [0.25, 0.3) is 0 Å². The second kappa shape index (κ2) is 20.6. The molecule has 6 aromatic carbocycles. The van der Waals surface area contributed by atoms with Gasteiger partial charge in [-0.25, -0.2) is 9.69 Å². The highest BCUT2D eigenvalue weighted by molar-refractivity contribution is 6.24. The number of cyclic esters (lactones) is 1. The lowest BCUT2D eigenvalue weighted by atomic mass is 9.64. The van der Waals surface area contributed by atoms with Gasteiger partial charge in [0.05, 0.1) is 57.2 Å². The first kappa shape index (κ1) is 48.7. The summed E-state index contributed by atoms with van der Waals surface area (Å²) in [5.41, 5.74) is 3.28. The van der Waals surface area contributed by atoms with Gasteiger partial charge in [0.2, 0.25) is 11.8 Å². The van der Waals surface area contributed by atoms with Gasteiger partial charge in [-0.05, 0) is 83.1 Å². The van der Waals surface area contributed by atoms with Crippen LogP contribution >= 0.6 is 0 Å². The van der Waals surface area contributed by atoms with E-state index in [1.165, 1.54) is 0 Å². The van der Waals surface area contributed by atoms with Crippen LogP contribution in [-0.2, 0) is 37.5 Å². The number of anilines is 1. The number of nitrogens with one attached hydrogen (secondary N) is 1. The molecule has 0 radical (unpaired) electrons. The summed E-state index contributed by atoms with van der Waals surface area (Å²) in [4.78, 5) is 69.4. The maximum atomic E-state index is 17.0. The summed E-state index contributed by atoms with van der Waals surface area (Å²) in [6.07, 6.45) is -0.362. The van der Waals surface area contributed by atoms with Gasteiger partial charge in [0.1, 0.15) is 29.9 Å². The van der Waals surface area contributed by atoms with Gasteiger partial charge in [0, 0.05) is 30.6 Å². The number of morpholine rings is 1. The van der Waals surface area contributed by atoms with Gasteiger partial charge in [-0.1, -0.05) is 121 Å². The maximum Gasteiger partial charge on any atom is 0.329 e. The summed E-state index contributed by atoms with van der Waals surface area (Å²) in [6.45, 7) is 1.53. The molecule has 3 N–H and O–H groups in total. The molecule has 0 bridgehead atoms. The zero-order valence-corrected chi connectivity index (χ0v) is 40.8. The average Bonchev–Trinajstić information content (AvgIpc) is 3.88. The Hall–Kier alpha value is -7.96. The number of ether oxygens (including phenoxy) is 4. The van der Waals surface area contributed by atoms with Crippen LogP contribution in [0, 0.1) is 17.8 Å². The minimum Gasteiger partial charge on any atom is -0.493 e. The van der Waals surface area contributed by atoms with Crippen LogP contribution in [0.4, 0.5) is 10.5 Å². The molecule has 0 saturated carbocycles. The molecule has 73 heavy (non-hydrogen) atoms. The van der Waals surface area contributed by atoms with Gasteiger partial charge in [-0.2, -0.15) is 0 Å². The number of urea groups is 1. The lowest BCUT2D eigenvalue weighted by Crippen LogP contribution is -2.57. The molecule has 6 aromatic rings. The van der Waals surface area contributed by atoms with Crippen molar-refractivity contribution < 1.29 is 48.3 Å². The van der Waals surface area contributed by atoms with Crippen LogP contribution in [0.1, 0.15) is 82.1 Å². The maximum absolute atomic E-state index is 17.0. The number of hydrogen-bond acceptors (Lipinski definition) is 11. The summed E-state index contributed by atoms with van der Waals surface area (Å²) in [7, 11) is 3.11. The highest BCUT2D eigenvalue weighted by Crippen LogP contribution is 2.67. The standard InChI is InChI=1S/C59H56N4O10/c1-37(39-18-7-4-8-19-39)60-58(69)62-46-27-26-38(17-15-16-30-64)33-45(46)59(57(62)68)50(55(66)61-29-28-42-34-48(70-2)49(71-3)35-43(42)36-61)52-56(67)73-53(41-22-11-6-12-23-41)51(40-20-9-5-10-21-40)63(52)54(59)44-24-13-14-25-47(44)72-32-31-65/h4-14,18-27,33-35,37,50-54,64-65H,16,28-32,36H2,1-3H3,(H,60,69). The molecular formula is C59H56N4O10. The van der Waals surface area contributed by atoms with Crippen LogP contribution in [0.3, 0.4) is 0 Å². The summed E-state index contributed by atoms with van der Waals surface area (Å²) in [5, 5.41) is 23.0. The topological polar surface area (TPSA) is 167 Å². The zero-order chi connectivity index (χ0) is 50.8. The molecule has 4 aliphatic rings. The van der Waals surface area contributed by atoms with Crippen LogP contribution in [0.15, 0.2) is 146 Å². The number of carbonyl (C=O) groups excluding carboxylic acids is 4. The van der Waals surface area contributed by atoms with Crippen molar-refractivity contribution in [2.75, 3.05) is 45.5 Å². The van der Waals surface area contributed by atoms with E-state index in [4.69, 9.17) is 18.9 Å². The Bertz CT molecular complexity index is 3110. The van der Waals surface area contributed by atoms with E-state index < -0.39 is 65.4 Å². The smallest absolute Gasteiger partial charge is 0.329 e. The molecule has 0 aliphatic carbocycles. The highest BCUT2D eigenvalue weighted by Gasteiger charge is 2.76. The van der Waals surface area contributed by atoms with Gasteiger partial charge < -0.3 is 39.4 Å². The van der Waals surface area contributed by atoms with Crippen LogP contribution < -0.4 is 24.4 Å². The van der Waals surface area contributed by atoms with Gasteiger partial charge in [0.15, 0.2) is 11.5 Å². The number of benzene rings is 6. The van der Waals surface area contributed by atoms with Crippen molar-refractivity contribution in [2.45, 2.75) is 62.0 Å². The molecule has 4 heterocycles. The second-order valence-corrected chi connectivity index (χ2v) is 18.6. The fraction of sp³-hybridized carbons (Fsp3) is 0.288. The van der Waals surface area contributed by atoms with Crippen molar-refractivity contribution in [1.29, 1.82) is 0 Å². The largest absolute Gasteiger partial charge is 0.493 e. The van der Waals surface area contributed by atoms with E-state index in [1.807, 2.05) is 121 Å². The summed E-state index contributed by atoms with van der Waals surface area (Å²) in [5.74, 6) is 3.96. The molecule has 7 unspecified atom stereocenters. The summed E-state index contributed by atoms with van der Waals surface area (Å²) >= 11 is 0. The van der Waals surface area contributed by atoms with E-state index >= 15 is 19.2 Å². The zero-order valence-electron chi connectivity index (χ0n) is 40.8. The molecule has 0 aromatic heterocycles. The van der Waals surface area contributed by atoms with Crippen molar-refractivity contribution in [3.63, 3.8) is 0 Å². The molecular weight excluding hydrogens is 925 g/mol. The number of fused-ring (bicyclic) bond motifs is 4. The first-order chi connectivity index (χ1) is 35.6. The molecule has 372 valence electrons. The van der Waals surface area contributed by atoms with E-state index in [0.29, 0.717) is 45.9 Å². The number of nitrogens with zero attached hydrogens (tertiary/aromatic N) is 3. The van der Waals surface area contributed by atoms with Crippen LogP contribution in [0.5, 0.6) is 17.2 Å². The Kier molecular flexibility index (Phi) is 13.8. The second-order valence-electron chi connectivity index (χ2n) is 18.6. The number of hydrogen-bond donors (Lipinski definition) is 3. The lowest BCUT2D eigenvalue weighted by Gasteiger charge is -2.46. The minimum atomic E-state index is -2.09. The van der Waals surface area contributed by atoms with E-state index in [9.17, 15) is 10.2 Å². The third-order valence-corrected chi connectivity index (χ3v) is 14.6. The first-order valence-corrected chi connectivity index (χ1v) is 24.5. The van der Waals surface area contributed by atoms with Crippen molar-refractivity contribution in [1.82, 2.24) is 15.1 Å². The average molecular weight is 981 g/mol. The number of carbonyl (C=O) groups is 4. The molecule has 4 amide bonds. The van der Waals surface area contributed by atoms with Crippen molar-refractivity contribution in [3.8, 4) is 29.1 Å². The van der Waals surface area contributed by atoms with E-state index in [0.717, 1.165) is 27.2 Å². The number of amides is 4. The molecule has 4 aliphatic heterocycles. The summed E-state index contributed by atoms with van der Waals surface area (Å²) < 4.78 is 24.4. The SMILES string of the molecule is COc1cc2c(cc1OC)CN(C(=O)C1C3C(=O)OC(c4ccccc4)C(c4ccccc4)N3C(c3ccccc3OCCO)C13C(=O)N(C(=O)NC(C)c1ccccc1)c1ccc(C#CCCO)cc13)CC2. The van der Waals surface area contributed by atoms with Gasteiger partial charge in [0.25, 0.3) is 0 Å².